The lowest BCUT2D eigenvalue weighted by atomic mass is 9.91. The summed E-state index contributed by atoms with van der Waals surface area (Å²) in [6.07, 6.45) is 0.476. The van der Waals surface area contributed by atoms with E-state index in [9.17, 15) is 4.79 Å². The molecule has 0 aromatic heterocycles. The van der Waals surface area contributed by atoms with Gasteiger partial charge in [-0.25, -0.2) is 0 Å². The first-order valence-corrected chi connectivity index (χ1v) is 3.31. The van der Waals surface area contributed by atoms with Crippen molar-refractivity contribution in [3.05, 3.63) is 0 Å². The predicted octanol–water partition coefficient (Wildman–Crippen LogP) is 0.425. The molecule has 1 rings (SSSR count). The first-order chi connectivity index (χ1) is 4.58. The maximum atomic E-state index is 10.8. The van der Waals surface area contributed by atoms with E-state index < -0.39 is 5.54 Å². The average molecular weight is 138 g/mol. The molecular weight excluding hydrogens is 128 g/mol. The summed E-state index contributed by atoms with van der Waals surface area (Å²) in [5.41, 5.74) is -0.628. The molecule has 3 heteroatoms. The minimum Gasteiger partial charge on any atom is -0.338 e. The summed E-state index contributed by atoms with van der Waals surface area (Å²) in [7, 11) is 0. The minimum absolute atomic E-state index is 0.0171. The van der Waals surface area contributed by atoms with Gasteiger partial charge < -0.3 is 5.32 Å². The Morgan fingerprint density at radius 3 is 2.70 bits per heavy atom. The molecule has 0 saturated carbocycles. The zero-order valence-corrected chi connectivity index (χ0v) is 6.14. The number of nitriles is 1. The van der Waals surface area contributed by atoms with Gasteiger partial charge in [-0.3, -0.25) is 4.79 Å². The molecule has 0 aliphatic carbocycles. The number of amides is 1. The van der Waals surface area contributed by atoms with Crippen LogP contribution < -0.4 is 5.32 Å². The summed E-state index contributed by atoms with van der Waals surface area (Å²) in [6, 6.07) is 2.09. The topological polar surface area (TPSA) is 52.9 Å². The molecule has 1 saturated heterocycles. The van der Waals surface area contributed by atoms with Crippen LogP contribution in [0.15, 0.2) is 0 Å². The van der Waals surface area contributed by atoms with E-state index in [4.69, 9.17) is 5.26 Å². The smallest absolute Gasteiger partial charge is 0.221 e. The largest absolute Gasteiger partial charge is 0.338 e. The fourth-order valence-corrected chi connectivity index (χ4v) is 1.08. The van der Waals surface area contributed by atoms with E-state index in [-0.39, 0.29) is 11.8 Å². The van der Waals surface area contributed by atoms with Gasteiger partial charge in [0, 0.05) is 12.3 Å². The second-order valence-corrected chi connectivity index (χ2v) is 2.97. The van der Waals surface area contributed by atoms with E-state index in [2.05, 4.69) is 11.4 Å². The Labute approximate surface area is 60.0 Å². The van der Waals surface area contributed by atoms with Crippen LogP contribution in [-0.2, 0) is 4.79 Å². The van der Waals surface area contributed by atoms with E-state index in [1.807, 2.05) is 6.92 Å². The van der Waals surface area contributed by atoms with Gasteiger partial charge in [-0.2, -0.15) is 5.26 Å². The molecule has 1 N–H and O–H groups in total. The van der Waals surface area contributed by atoms with Crippen molar-refractivity contribution in [1.29, 1.82) is 5.26 Å². The third-order valence-electron chi connectivity index (χ3n) is 2.11. The van der Waals surface area contributed by atoms with Crippen molar-refractivity contribution in [2.24, 2.45) is 5.92 Å². The molecule has 3 nitrogen and oxygen atoms in total. The molecule has 1 fully saturated rings. The molecule has 10 heavy (non-hydrogen) atoms. The van der Waals surface area contributed by atoms with Gasteiger partial charge in [0.05, 0.1) is 6.07 Å². The predicted molar refractivity (Wildman–Crippen MR) is 35.9 cm³/mol. The van der Waals surface area contributed by atoms with Crippen LogP contribution in [0.1, 0.15) is 20.3 Å². The normalized spacial score (nSPS) is 38.9. The van der Waals surface area contributed by atoms with Crippen LogP contribution >= 0.6 is 0 Å². The Kier molecular flexibility index (Phi) is 1.40. The second kappa shape index (κ2) is 1.98. The number of hydrogen-bond donors (Lipinski definition) is 1. The Hall–Kier alpha value is -1.04. The van der Waals surface area contributed by atoms with Crippen LogP contribution in [-0.4, -0.2) is 11.4 Å². The molecular formula is C7H10N2O. The third-order valence-corrected chi connectivity index (χ3v) is 2.11. The Balaban J connectivity index is 2.83. The second-order valence-electron chi connectivity index (χ2n) is 2.97. The molecule has 0 radical (unpaired) electrons. The van der Waals surface area contributed by atoms with Crippen molar-refractivity contribution < 1.29 is 4.79 Å². The number of nitrogens with zero attached hydrogens (tertiary/aromatic N) is 1. The number of nitrogens with one attached hydrogen (secondary N) is 1. The highest BCUT2D eigenvalue weighted by molar-refractivity contribution is 5.80. The number of carbonyl (C=O) groups excluding carboxylic acids is 1. The van der Waals surface area contributed by atoms with Gasteiger partial charge in [0.2, 0.25) is 5.91 Å². The van der Waals surface area contributed by atoms with E-state index in [0.29, 0.717) is 6.42 Å². The van der Waals surface area contributed by atoms with Gasteiger partial charge in [-0.15, -0.1) is 0 Å². The highest BCUT2D eigenvalue weighted by Crippen LogP contribution is 2.25. The summed E-state index contributed by atoms with van der Waals surface area (Å²) in [6.45, 7) is 3.66. The highest BCUT2D eigenvalue weighted by atomic mass is 16.2. The van der Waals surface area contributed by atoms with Crippen LogP contribution in [0.3, 0.4) is 0 Å². The molecule has 2 unspecified atom stereocenters. The van der Waals surface area contributed by atoms with Crippen molar-refractivity contribution in [1.82, 2.24) is 5.32 Å². The van der Waals surface area contributed by atoms with E-state index in [0.717, 1.165) is 0 Å². The van der Waals surface area contributed by atoms with Crippen molar-refractivity contribution in [2.45, 2.75) is 25.8 Å². The number of rotatable bonds is 0. The first-order valence-electron chi connectivity index (χ1n) is 3.31. The van der Waals surface area contributed by atoms with Crippen LogP contribution in [0.4, 0.5) is 0 Å². The maximum absolute atomic E-state index is 10.8. The molecule has 54 valence electrons. The molecule has 0 aromatic rings. The maximum Gasteiger partial charge on any atom is 0.221 e. The van der Waals surface area contributed by atoms with Crippen molar-refractivity contribution >= 4 is 5.91 Å². The van der Waals surface area contributed by atoms with Gasteiger partial charge >= 0.3 is 0 Å². The first kappa shape index (κ1) is 7.07. The lowest BCUT2D eigenvalue weighted by molar-refractivity contribution is -0.119. The van der Waals surface area contributed by atoms with E-state index >= 15 is 0 Å². The monoisotopic (exact) mass is 138 g/mol. The van der Waals surface area contributed by atoms with Gasteiger partial charge in [0.25, 0.3) is 0 Å². The van der Waals surface area contributed by atoms with Crippen molar-refractivity contribution in [3.63, 3.8) is 0 Å². The number of carbonyl (C=O) groups is 1. The van der Waals surface area contributed by atoms with Crippen LogP contribution in [0, 0.1) is 17.2 Å². The summed E-state index contributed by atoms with van der Waals surface area (Å²) in [5, 5.41) is 11.3. The summed E-state index contributed by atoms with van der Waals surface area (Å²) in [5.74, 6) is 0.113. The Bertz CT molecular complexity index is 206. The fourth-order valence-electron chi connectivity index (χ4n) is 1.08. The fraction of sp³-hybridized carbons (Fsp3) is 0.714. The summed E-state index contributed by atoms with van der Waals surface area (Å²) >= 11 is 0. The molecule has 1 heterocycles. The van der Waals surface area contributed by atoms with Crippen molar-refractivity contribution in [2.75, 3.05) is 0 Å². The Morgan fingerprint density at radius 1 is 1.90 bits per heavy atom. The quantitative estimate of drug-likeness (QED) is 0.527. The Morgan fingerprint density at radius 2 is 2.50 bits per heavy atom. The standard InChI is InChI=1S/C7H10N2O/c1-5-3-6(10)9-7(5,2)4-8/h5H,3H2,1-2H3,(H,9,10). The van der Waals surface area contributed by atoms with Gasteiger partial charge in [-0.1, -0.05) is 6.92 Å². The molecule has 1 aliphatic heterocycles. The lowest BCUT2D eigenvalue weighted by Crippen LogP contribution is -2.40. The van der Waals surface area contributed by atoms with Gasteiger partial charge in [0.15, 0.2) is 0 Å². The SMILES string of the molecule is CC1CC(=O)NC1(C)C#N. The average Bonchev–Trinajstić information content (AvgIpc) is 2.09. The molecule has 1 amide bonds. The molecule has 0 bridgehead atoms. The van der Waals surface area contributed by atoms with Gasteiger partial charge in [0.1, 0.15) is 5.54 Å². The lowest BCUT2D eigenvalue weighted by Gasteiger charge is -2.18. The molecule has 1 aliphatic rings. The van der Waals surface area contributed by atoms with Crippen LogP contribution in [0.5, 0.6) is 0 Å². The van der Waals surface area contributed by atoms with Crippen LogP contribution in [0.2, 0.25) is 0 Å². The van der Waals surface area contributed by atoms with Crippen LogP contribution in [0.25, 0.3) is 0 Å². The molecule has 2 atom stereocenters. The third kappa shape index (κ3) is 0.860. The zero-order chi connectivity index (χ0) is 7.78. The molecule has 0 spiro atoms. The minimum atomic E-state index is -0.628. The summed E-state index contributed by atoms with van der Waals surface area (Å²) < 4.78 is 0. The summed E-state index contributed by atoms with van der Waals surface area (Å²) in [4.78, 5) is 10.8. The zero-order valence-electron chi connectivity index (χ0n) is 6.14. The highest BCUT2D eigenvalue weighted by Gasteiger charge is 2.39. The van der Waals surface area contributed by atoms with E-state index in [1.165, 1.54) is 0 Å². The van der Waals surface area contributed by atoms with Gasteiger partial charge in [-0.05, 0) is 6.92 Å². The number of hydrogen-bond acceptors (Lipinski definition) is 2. The van der Waals surface area contributed by atoms with E-state index in [1.54, 1.807) is 6.92 Å². The molecule has 0 aromatic carbocycles. The van der Waals surface area contributed by atoms with Crippen molar-refractivity contribution in [3.8, 4) is 6.07 Å².